The van der Waals surface area contributed by atoms with Crippen LogP contribution in [0.4, 0.5) is 5.69 Å². The highest BCUT2D eigenvalue weighted by atomic mass is 32.2. The van der Waals surface area contributed by atoms with Crippen LogP contribution in [0.5, 0.6) is 0 Å². The second-order valence-corrected chi connectivity index (χ2v) is 4.66. The minimum absolute atomic E-state index is 0.0664. The fraction of sp³-hybridized carbons (Fsp3) is 0. The van der Waals surface area contributed by atoms with Gasteiger partial charge in [-0.05, 0) is 11.5 Å². The third-order valence-electron chi connectivity index (χ3n) is 2.31. The number of nitro groups is 1. The first-order valence-corrected chi connectivity index (χ1v) is 5.94. The maximum Gasteiger partial charge on any atom is 0.287 e. The van der Waals surface area contributed by atoms with Crippen LogP contribution in [0.2, 0.25) is 0 Å². The lowest BCUT2D eigenvalue weighted by Gasteiger charge is -2.10. The summed E-state index contributed by atoms with van der Waals surface area (Å²) in [5, 5.41) is 11.2. The SMILES string of the molecule is O=[N+]([O-])c1ccc2ccccc2c1S(=O)(=O)[O-]. The van der Waals surface area contributed by atoms with Gasteiger partial charge in [0.15, 0.2) is 0 Å². The highest BCUT2D eigenvalue weighted by molar-refractivity contribution is 7.86. The van der Waals surface area contributed by atoms with Crippen molar-refractivity contribution in [2.24, 2.45) is 0 Å². The van der Waals surface area contributed by atoms with Crippen molar-refractivity contribution in [3.05, 3.63) is 46.5 Å². The summed E-state index contributed by atoms with van der Waals surface area (Å²) in [6.45, 7) is 0. The van der Waals surface area contributed by atoms with Crippen molar-refractivity contribution < 1.29 is 17.9 Å². The molecule has 0 radical (unpaired) electrons. The summed E-state index contributed by atoms with van der Waals surface area (Å²) in [6, 6.07) is 8.53. The van der Waals surface area contributed by atoms with Crippen LogP contribution in [0.15, 0.2) is 41.3 Å². The second kappa shape index (κ2) is 3.79. The van der Waals surface area contributed by atoms with Gasteiger partial charge in [-0.2, -0.15) is 0 Å². The van der Waals surface area contributed by atoms with Crippen LogP contribution in [0.3, 0.4) is 0 Å². The maximum absolute atomic E-state index is 11.1. The predicted octanol–water partition coefficient (Wildman–Crippen LogP) is 1.65. The van der Waals surface area contributed by atoms with Crippen LogP contribution in [0.1, 0.15) is 0 Å². The predicted molar refractivity (Wildman–Crippen MR) is 58.6 cm³/mol. The molecule has 88 valence electrons. The number of rotatable bonds is 2. The molecule has 0 aliphatic rings. The van der Waals surface area contributed by atoms with Crippen LogP contribution in [0, 0.1) is 10.1 Å². The molecule has 2 aromatic rings. The van der Waals surface area contributed by atoms with Gasteiger partial charge in [-0.3, -0.25) is 10.1 Å². The summed E-state index contributed by atoms with van der Waals surface area (Å²) in [6.07, 6.45) is 0. The van der Waals surface area contributed by atoms with Crippen molar-refractivity contribution in [2.45, 2.75) is 4.90 Å². The van der Waals surface area contributed by atoms with Gasteiger partial charge >= 0.3 is 0 Å². The first kappa shape index (κ1) is 11.5. The van der Waals surface area contributed by atoms with Gasteiger partial charge < -0.3 is 4.55 Å². The Kier molecular flexibility index (Phi) is 2.56. The Morgan fingerprint density at radius 1 is 1.06 bits per heavy atom. The lowest BCUT2D eigenvalue weighted by molar-refractivity contribution is -0.387. The average molecular weight is 252 g/mol. The van der Waals surface area contributed by atoms with Gasteiger partial charge in [-0.1, -0.05) is 24.3 Å². The Morgan fingerprint density at radius 2 is 1.71 bits per heavy atom. The third-order valence-corrected chi connectivity index (χ3v) is 3.23. The Hall–Kier alpha value is -1.99. The van der Waals surface area contributed by atoms with E-state index in [1.165, 1.54) is 18.2 Å². The molecule has 0 unspecified atom stereocenters. The fourth-order valence-electron chi connectivity index (χ4n) is 1.64. The number of hydrogen-bond acceptors (Lipinski definition) is 5. The van der Waals surface area contributed by atoms with Crippen molar-refractivity contribution in [3.63, 3.8) is 0 Å². The van der Waals surface area contributed by atoms with Crippen molar-refractivity contribution in [1.29, 1.82) is 0 Å². The molecule has 2 rings (SSSR count). The number of fused-ring (bicyclic) bond motifs is 1. The Balaban J connectivity index is 3.00. The van der Waals surface area contributed by atoms with E-state index in [0.29, 0.717) is 5.39 Å². The normalized spacial score (nSPS) is 11.6. The zero-order valence-electron chi connectivity index (χ0n) is 8.36. The lowest BCUT2D eigenvalue weighted by atomic mass is 10.1. The molecule has 7 heteroatoms. The molecule has 0 aliphatic heterocycles. The summed E-state index contributed by atoms with van der Waals surface area (Å²) >= 11 is 0. The Bertz CT molecular complexity index is 708. The van der Waals surface area contributed by atoms with Crippen molar-refractivity contribution in [1.82, 2.24) is 0 Å². The van der Waals surface area contributed by atoms with E-state index in [1.54, 1.807) is 12.1 Å². The summed E-state index contributed by atoms with van der Waals surface area (Å²) < 4.78 is 33.3. The van der Waals surface area contributed by atoms with E-state index in [2.05, 4.69) is 0 Å². The standard InChI is InChI=1S/C10H7NO5S/c12-11(13)9-6-5-7-3-1-2-4-8(7)10(9)17(14,15)16/h1-6H,(H,14,15,16)/p-1. The molecule has 0 heterocycles. The molecular weight excluding hydrogens is 246 g/mol. The van der Waals surface area contributed by atoms with Gasteiger partial charge in [0.1, 0.15) is 15.0 Å². The topological polar surface area (TPSA) is 100 Å². The Labute approximate surface area is 96.4 Å². The average Bonchev–Trinajstić information content (AvgIpc) is 2.26. The molecule has 0 amide bonds. The van der Waals surface area contributed by atoms with Crippen molar-refractivity contribution in [2.75, 3.05) is 0 Å². The molecule has 0 atom stereocenters. The minimum atomic E-state index is -4.90. The van der Waals surface area contributed by atoms with Crippen molar-refractivity contribution in [3.8, 4) is 0 Å². The van der Waals surface area contributed by atoms with Crippen LogP contribution in [-0.4, -0.2) is 17.9 Å². The molecule has 17 heavy (non-hydrogen) atoms. The highest BCUT2D eigenvalue weighted by Crippen LogP contribution is 2.31. The van der Waals surface area contributed by atoms with E-state index in [-0.39, 0.29) is 5.39 Å². The number of nitro benzene ring substituents is 1. The van der Waals surface area contributed by atoms with Crippen molar-refractivity contribution >= 4 is 26.6 Å². The third kappa shape index (κ3) is 1.97. The maximum atomic E-state index is 11.1. The first-order chi connectivity index (χ1) is 7.91. The smallest absolute Gasteiger partial charge is 0.287 e. The van der Waals surface area contributed by atoms with E-state index in [4.69, 9.17) is 0 Å². The van der Waals surface area contributed by atoms with E-state index in [0.717, 1.165) is 6.07 Å². The number of nitrogens with zero attached hydrogens (tertiary/aromatic N) is 1. The molecule has 0 saturated heterocycles. The fourth-order valence-corrected chi connectivity index (χ4v) is 2.49. The molecule has 0 bridgehead atoms. The highest BCUT2D eigenvalue weighted by Gasteiger charge is 2.21. The molecule has 2 aromatic carbocycles. The largest absolute Gasteiger partial charge is 0.744 e. The van der Waals surface area contributed by atoms with E-state index in [1.807, 2.05) is 0 Å². The molecule has 0 N–H and O–H groups in total. The molecule has 0 saturated carbocycles. The van der Waals surface area contributed by atoms with Gasteiger partial charge in [0, 0.05) is 11.5 Å². The monoisotopic (exact) mass is 252 g/mol. The van der Waals surface area contributed by atoms with Crippen LogP contribution < -0.4 is 0 Å². The molecule has 0 aromatic heterocycles. The zero-order valence-corrected chi connectivity index (χ0v) is 9.18. The first-order valence-electron chi connectivity index (χ1n) is 4.53. The minimum Gasteiger partial charge on any atom is -0.744 e. The van der Waals surface area contributed by atoms with Gasteiger partial charge in [-0.25, -0.2) is 8.42 Å². The number of benzene rings is 2. The van der Waals surface area contributed by atoms with E-state index in [9.17, 15) is 23.1 Å². The summed E-state index contributed by atoms with van der Waals surface area (Å²) in [5.74, 6) is 0. The number of hydrogen-bond donors (Lipinski definition) is 0. The molecule has 0 aliphatic carbocycles. The van der Waals surface area contributed by atoms with Gasteiger partial charge in [0.25, 0.3) is 5.69 Å². The van der Waals surface area contributed by atoms with Crippen LogP contribution in [-0.2, 0) is 10.1 Å². The van der Waals surface area contributed by atoms with Gasteiger partial charge in [0.05, 0.1) is 4.92 Å². The summed E-state index contributed by atoms with van der Waals surface area (Å²) in [5.41, 5.74) is -0.696. The summed E-state index contributed by atoms with van der Waals surface area (Å²) in [7, 11) is -4.90. The van der Waals surface area contributed by atoms with Crippen LogP contribution in [0.25, 0.3) is 10.8 Å². The zero-order chi connectivity index (χ0) is 12.6. The second-order valence-electron chi connectivity index (χ2n) is 3.35. The molecule has 0 fully saturated rings. The van der Waals surface area contributed by atoms with Crippen LogP contribution >= 0.6 is 0 Å². The molecule has 6 nitrogen and oxygen atoms in total. The molecule has 0 spiro atoms. The Morgan fingerprint density at radius 3 is 2.29 bits per heavy atom. The summed E-state index contributed by atoms with van der Waals surface area (Å²) in [4.78, 5) is 9.06. The van der Waals surface area contributed by atoms with E-state index >= 15 is 0 Å². The van der Waals surface area contributed by atoms with E-state index < -0.39 is 25.6 Å². The quantitative estimate of drug-likeness (QED) is 0.459. The van der Waals surface area contributed by atoms with Gasteiger partial charge in [-0.15, -0.1) is 0 Å². The lowest BCUT2D eigenvalue weighted by Crippen LogP contribution is -2.04. The molecular formula is C10H6NO5S-. The van der Waals surface area contributed by atoms with Gasteiger partial charge in [0.2, 0.25) is 0 Å².